The summed E-state index contributed by atoms with van der Waals surface area (Å²) in [5, 5.41) is 0. The van der Waals surface area contributed by atoms with Crippen molar-refractivity contribution in [2.75, 3.05) is 27.4 Å². The van der Waals surface area contributed by atoms with Crippen LogP contribution >= 0.6 is 15.9 Å². The average molecular weight is 503 g/mol. The van der Waals surface area contributed by atoms with Crippen molar-refractivity contribution in [2.24, 2.45) is 0 Å². The van der Waals surface area contributed by atoms with Crippen molar-refractivity contribution >= 4 is 32.0 Å². The molecule has 2 aromatic rings. The molecule has 0 saturated carbocycles. The number of carbonyl (C=O) groups is 1. The molecule has 0 aliphatic rings. The van der Waals surface area contributed by atoms with Gasteiger partial charge in [0.2, 0.25) is 0 Å². The molecule has 0 bridgehead atoms. The number of hydrogen-bond donors (Lipinski definition) is 0. The zero-order chi connectivity index (χ0) is 22.5. The monoisotopic (exact) mass is 502 g/mol. The van der Waals surface area contributed by atoms with E-state index in [1.165, 1.54) is 23.2 Å². The second-order valence-corrected chi connectivity index (χ2v) is 10.3. The van der Waals surface area contributed by atoms with Gasteiger partial charge >= 0.3 is 6.09 Å². The number of aromatic nitrogens is 1. The number of methoxy groups -OCH3 is 1. The second kappa shape index (κ2) is 9.84. The van der Waals surface area contributed by atoms with Crippen LogP contribution in [0.15, 0.2) is 46.0 Å². The van der Waals surface area contributed by atoms with E-state index in [4.69, 9.17) is 14.2 Å². The van der Waals surface area contributed by atoms with Crippen LogP contribution in [0.1, 0.15) is 26.3 Å². The van der Waals surface area contributed by atoms with Crippen molar-refractivity contribution in [1.82, 2.24) is 8.87 Å². The lowest BCUT2D eigenvalue weighted by Gasteiger charge is -2.24. The number of nitrogens with zero attached hydrogens (tertiary/aromatic N) is 2. The molecule has 0 fully saturated rings. The first-order chi connectivity index (χ1) is 13.9. The molecule has 0 unspecified atom stereocenters. The van der Waals surface area contributed by atoms with Crippen molar-refractivity contribution < 1.29 is 27.4 Å². The first-order valence-electron chi connectivity index (χ1n) is 9.22. The topological polar surface area (TPSA) is 87.1 Å². The van der Waals surface area contributed by atoms with Crippen molar-refractivity contribution in [3.05, 3.63) is 46.7 Å². The fourth-order valence-electron chi connectivity index (χ4n) is 2.50. The summed E-state index contributed by atoms with van der Waals surface area (Å²) >= 11 is 3.30. The van der Waals surface area contributed by atoms with Gasteiger partial charge in [-0.15, -0.1) is 0 Å². The van der Waals surface area contributed by atoms with Gasteiger partial charge in [-0.1, -0.05) is 6.07 Å². The van der Waals surface area contributed by atoms with Crippen LogP contribution < -0.4 is 4.74 Å². The van der Waals surface area contributed by atoms with Crippen LogP contribution in [0, 0.1) is 0 Å². The maximum absolute atomic E-state index is 13.1. The first kappa shape index (κ1) is 24.2. The fraction of sp³-hybridized carbons (Fsp3) is 0.450. The molecular weight excluding hydrogens is 476 g/mol. The normalized spacial score (nSPS) is 11.9. The van der Waals surface area contributed by atoms with Gasteiger partial charge in [0.05, 0.1) is 18.0 Å². The smallest absolute Gasteiger partial charge is 0.410 e. The van der Waals surface area contributed by atoms with Gasteiger partial charge in [0, 0.05) is 26.4 Å². The maximum Gasteiger partial charge on any atom is 0.410 e. The van der Waals surface area contributed by atoms with Crippen LogP contribution in [-0.2, 0) is 26.0 Å². The Morgan fingerprint density at radius 1 is 1.20 bits per heavy atom. The zero-order valence-corrected chi connectivity index (χ0v) is 20.1. The van der Waals surface area contributed by atoms with Crippen molar-refractivity contribution in [1.29, 1.82) is 0 Å². The molecule has 10 heteroatoms. The van der Waals surface area contributed by atoms with Gasteiger partial charge in [0.1, 0.15) is 22.6 Å². The third-order valence-electron chi connectivity index (χ3n) is 3.84. The molecule has 1 amide bonds. The van der Waals surface area contributed by atoms with Crippen molar-refractivity contribution in [2.45, 2.75) is 37.8 Å². The predicted molar refractivity (Wildman–Crippen MR) is 116 cm³/mol. The van der Waals surface area contributed by atoms with E-state index in [1.54, 1.807) is 53.1 Å². The number of amides is 1. The van der Waals surface area contributed by atoms with Crippen LogP contribution in [0.5, 0.6) is 5.75 Å². The molecule has 8 nitrogen and oxygen atoms in total. The Labute approximate surface area is 185 Å². The lowest BCUT2D eigenvalue weighted by molar-refractivity contribution is 0.0285. The summed E-state index contributed by atoms with van der Waals surface area (Å²) in [6.45, 7) is 6.25. The van der Waals surface area contributed by atoms with Crippen LogP contribution in [0.2, 0.25) is 0 Å². The highest BCUT2D eigenvalue weighted by Crippen LogP contribution is 2.26. The van der Waals surface area contributed by atoms with E-state index in [0.717, 1.165) is 3.97 Å². The van der Waals surface area contributed by atoms with E-state index in [2.05, 4.69) is 15.9 Å². The molecule has 0 saturated heterocycles. The predicted octanol–water partition coefficient (Wildman–Crippen LogP) is 3.88. The quantitative estimate of drug-likeness (QED) is 0.509. The number of hydrogen-bond acceptors (Lipinski definition) is 6. The highest BCUT2D eigenvalue weighted by atomic mass is 79.9. The van der Waals surface area contributed by atoms with E-state index in [-0.39, 0.29) is 11.4 Å². The van der Waals surface area contributed by atoms with E-state index >= 15 is 0 Å². The zero-order valence-electron chi connectivity index (χ0n) is 17.7. The average Bonchev–Trinajstić information content (AvgIpc) is 3.01. The Morgan fingerprint density at radius 3 is 2.53 bits per heavy atom. The molecule has 0 aliphatic carbocycles. The molecule has 0 aliphatic heterocycles. The lowest BCUT2D eigenvalue weighted by Crippen LogP contribution is -2.33. The molecule has 0 radical (unpaired) electrons. The fourth-order valence-corrected chi connectivity index (χ4v) is 4.76. The number of benzene rings is 1. The first-order valence-corrected chi connectivity index (χ1v) is 11.5. The summed E-state index contributed by atoms with van der Waals surface area (Å²) in [6.07, 6.45) is 0.980. The molecule has 0 atom stereocenters. The number of halogens is 1. The highest BCUT2D eigenvalue weighted by Gasteiger charge is 2.23. The molecule has 0 spiro atoms. The highest BCUT2D eigenvalue weighted by molar-refractivity contribution is 9.10. The van der Waals surface area contributed by atoms with Gasteiger partial charge in [-0.2, -0.15) is 0 Å². The largest absolute Gasteiger partial charge is 0.491 e. The van der Waals surface area contributed by atoms with Crippen LogP contribution in [0.3, 0.4) is 0 Å². The number of rotatable bonds is 8. The molecule has 0 N–H and O–H groups in total. The van der Waals surface area contributed by atoms with E-state index < -0.39 is 21.7 Å². The summed E-state index contributed by atoms with van der Waals surface area (Å²) in [5.41, 5.74) is 0.0173. The van der Waals surface area contributed by atoms with Crippen LogP contribution in [0.25, 0.3) is 0 Å². The minimum atomic E-state index is -3.86. The van der Waals surface area contributed by atoms with E-state index in [0.29, 0.717) is 29.1 Å². The van der Waals surface area contributed by atoms with E-state index in [9.17, 15) is 13.2 Å². The van der Waals surface area contributed by atoms with Gasteiger partial charge in [-0.3, -0.25) is 0 Å². The summed E-state index contributed by atoms with van der Waals surface area (Å²) in [5.74, 6) is 0.432. The van der Waals surface area contributed by atoms with Gasteiger partial charge in [0.25, 0.3) is 10.0 Å². The Morgan fingerprint density at radius 2 is 1.90 bits per heavy atom. The Kier molecular flexibility index (Phi) is 7.95. The van der Waals surface area contributed by atoms with Gasteiger partial charge in [-0.25, -0.2) is 17.2 Å². The molecule has 1 aromatic carbocycles. The minimum Gasteiger partial charge on any atom is -0.491 e. The van der Waals surface area contributed by atoms with Crippen molar-refractivity contribution in [3.8, 4) is 5.75 Å². The standard InChI is InChI=1S/C20H27BrN2O6S/c1-20(2,3)29-19(24)22(4)13-15-11-18(21)23(14-15)30(25,26)17-8-6-7-16(12-17)28-10-9-27-5/h6-8,11-12,14H,9-10,13H2,1-5H3. The molecule has 30 heavy (non-hydrogen) atoms. The van der Waals surface area contributed by atoms with Crippen molar-refractivity contribution in [3.63, 3.8) is 0 Å². The van der Waals surface area contributed by atoms with Crippen LogP contribution in [0.4, 0.5) is 4.79 Å². The maximum atomic E-state index is 13.1. The summed E-state index contributed by atoms with van der Waals surface area (Å²) in [4.78, 5) is 13.6. The second-order valence-electron chi connectivity index (χ2n) is 7.62. The molecule has 166 valence electrons. The molecular formula is C20H27BrN2O6S. The lowest BCUT2D eigenvalue weighted by atomic mass is 10.2. The van der Waals surface area contributed by atoms with Gasteiger partial charge in [0.15, 0.2) is 0 Å². The third-order valence-corrected chi connectivity index (χ3v) is 6.36. The minimum absolute atomic E-state index is 0.0840. The summed E-state index contributed by atoms with van der Waals surface area (Å²) < 4.78 is 43.4. The molecule has 1 heterocycles. The van der Waals surface area contributed by atoms with Crippen LogP contribution in [-0.4, -0.2) is 56.4 Å². The Bertz CT molecular complexity index is 981. The van der Waals surface area contributed by atoms with Gasteiger partial charge in [-0.05, 0) is 60.5 Å². The summed E-state index contributed by atoms with van der Waals surface area (Å²) in [6, 6.07) is 7.91. The number of carbonyl (C=O) groups excluding carboxylic acids is 1. The SMILES string of the molecule is COCCOc1cccc(S(=O)(=O)n2cc(CN(C)C(=O)OC(C)(C)C)cc2Br)c1. The molecule has 2 rings (SSSR count). The summed E-state index contributed by atoms with van der Waals surface area (Å²) in [7, 11) is -0.710. The molecule has 1 aromatic heterocycles. The Balaban J connectivity index is 2.21. The third kappa shape index (κ3) is 6.48. The van der Waals surface area contributed by atoms with Gasteiger partial charge < -0.3 is 19.1 Å². The Hall–Kier alpha value is -2.04. The number of ether oxygens (including phenoxy) is 3. The van der Waals surface area contributed by atoms with E-state index in [1.807, 2.05) is 0 Å².